The maximum Gasteiger partial charge on any atom is 0.191 e. The fourth-order valence-electron chi connectivity index (χ4n) is 3.68. The van der Waals surface area contributed by atoms with Crippen LogP contribution < -0.4 is 10.6 Å². The van der Waals surface area contributed by atoms with Crippen LogP contribution in [0.3, 0.4) is 0 Å². The summed E-state index contributed by atoms with van der Waals surface area (Å²) in [5.41, 5.74) is 6.81. The molecule has 7 heteroatoms. The number of aromatic nitrogens is 4. The zero-order valence-corrected chi connectivity index (χ0v) is 18.8. The Labute approximate surface area is 188 Å². The molecule has 0 saturated carbocycles. The molecule has 7 nitrogen and oxygen atoms in total. The van der Waals surface area contributed by atoms with E-state index in [1.165, 1.54) is 11.1 Å². The fraction of sp³-hybridized carbons (Fsp3) is 0.240. The lowest BCUT2D eigenvalue weighted by Crippen LogP contribution is -2.36. The van der Waals surface area contributed by atoms with Crippen molar-refractivity contribution in [3.05, 3.63) is 101 Å². The molecule has 0 radical (unpaired) electrons. The summed E-state index contributed by atoms with van der Waals surface area (Å²) in [7, 11) is 1.79. The lowest BCUT2D eigenvalue weighted by Gasteiger charge is -2.15. The van der Waals surface area contributed by atoms with Gasteiger partial charge in [-0.15, -0.1) is 0 Å². The number of nitrogens with zero attached hydrogens (tertiary/aromatic N) is 5. The van der Waals surface area contributed by atoms with Crippen molar-refractivity contribution in [3.8, 4) is 5.69 Å². The number of rotatable bonds is 7. The molecule has 0 aliphatic heterocycles. The Bertz CT molecular complexity index is 1170. The van der Waals surface area contributed by atoms with Crippen LogP contribution in [0.1, 0.15) is 28.1 Å². The predicted molar refractivity (Wildman–Crippen MR) is 128 cm³/mol. The van der Waals surface area contributed by atoms with Crippen molar-refractivity contribution in [2.24, 2.45) is 4.99 Å². The second kappa shape index (κ2) is 9.96. The number of aliphatic imine (C=N–C) groups is 1. The van der Waals surface area contributed by atoms with Crippen LogP contribution in [0, 0.1) is 13.8 Å². The quantitative estimate of drug-likeness (QED) is 0.349. The first kappa shape index (κ1) is 21.4. The summed E-state index contributed by atoms with van der Waals surface area (Å²) >= 11 is 0. The molecular formula is C25H29N7. The van der Waals surface area contributed by atoms with Crippen LogP contribution in [0.2, 0.25) is 0 Å². The molecule has 0 aliphatic rings. The van der Waals surface area contributed by atoms with Crippen molar-refractivity contribution in [2.45, 2.75) is 33.5 Å². The number of para-hydroxylation sites is 1. The zero-order valence-electron chi connectivity index (χ0n) is 18.8. The molecule has 2 heterocycles. The predicted octanol–water partition coefficient (Wildman–Crippen LogP) is 3.60. The first-order valence-electron chi connectivity index (χ1n) is 10.7. The molecule has 0 unspecified atom stereocenters. The average Bonchev–Trinajstić information content (AvgIpc) is 3.44. The van der Waals surface area contributed by atoms with Gasteiger partial charge >= 0.3 is 0 Å². The van der Waals surface area contributed by atoms with E-state index in [1.54, 1.807) is 13.2 Å². The molecule has 0 saturated heterocycles. The highest BCUT2D eigenvalue weighted by molar-refractivity contribution is 5.79. The molecule has 2 aromatic heterocycles. The topological polar surface area (TPSA) is 72.1 Å². The van der Waals surface area contributed by atoms with Gasteiger partial charge in [0.1, 0.15) is 0 Å². The highest BCUT2D eigenvalue weighted by atomic mass is 15.3. The van der Waals surface area contributed by atoms with Crippen molar-refractivity contribution in [1.29, 1.82) is 0 Å². The summed E-state index contributed by atoms with van der Waals surface area (Å²) < 4.78 is 4.05. The summed E-state index contributed by atoms with van der Waals surface area (Å²) in [6, 6.07) is 19.0. The number of nitrogens with one attached hydrogen (secondary N) is 2. The van der Waals surface area contributed by atoms with Crippen LogP contribution in [0.5, 0.6) is 0 Å². The van der Waals surface area contributed by atoms with E-state index in [2.05, 4.69) is 79.7 Å². The number of hydrogen-bond acceptors (Lipinski definition) is 3. The summed E-state index contributed by atoms with van der Waals surface area (Å²) in [5, 5.41) is 11.5. The molecule has 0 atom stereocenters. The van der Waals surface area contributed by atoms with Crippen LogP contribution in [0.15, 0.2) is 78.3 Å². The Kier molecular flexibility index (Phi) is 6.65. The van der Waals surface area contributed by atoms with Crippen LogP contribution in [0.4, 0.5) is 0 Å². The van der Waals surface area contributed by atoms with Gasteiger partial charge < -0.3 is 15.2 Å². The largest absolute Gasteiger partial charge is 0.352 e. The van der Waals surface area contributed by atoms with Gasteiger partial charge in [-0.2, -0.15) is 5.10 Å². The van der Waals surface area contributed by atoms with Crippen molar-refractivity contribution in [1.82, 2.24) is 30.0 Å². The average molecular weight is 428 g/mol. The van der Waals surface area contributed by atoms with Gasteiger partial charge in [0.05, 0.1) is 17.7 Å². The SMILES string of the molecule is CN=C(NCc1ccc(Cn2ccnc2)cc1)NCc1ccccc1-n1nc(C)cc1C. The number of hydrogen-bond donors (Lipinski definition) is 2. The lowest BCUT2D eigenvalue weighted by molar-refractivity contribution is 0.779. The van der Waals surface area contributed by atoms with E-state index in [-0.39, 0.29) is 0 Å². The summed E-state index contributed by atoms with van der Waals surface area (Å²) in [4.78, 5) is 8.46. The number of aryl methyl sites for hydroxylation is 2. The normalized spacial score (nSPS) is 11.5. The fourth-order valence-corrected chi connectivity index (χ4v) is 3.68. The molecule has 4 aromatic rings. The Morgan fingerprint density at radius 1 is 0.969 bits per heavy atom. The summed E-state index contributed by atoms with van der Waals surface area (Å²) in [5.74, 6) is 0.760. The smallest absolute Gasteiger partial charge is 0.191 e. The van der Waals surface area contributed by atoms with E-state index < -0.39 is 0 Å². The molecule has 32 heavy (non-hydrogen) atoms. The molecule has 0 fully saturated rings. The van der Waals surface area contributed by atoms with Crippen LogP contribution in [-0.4, -0.2) is 32.3 Å². The van der Waals surface area contributed by atoms with Gasteiger partial charge in [-0.25, -0.2) is 9.67 Å². The Morgan fingerprint density at radius 3 is 2.41 bits per heavy atom. The Morgan fingerprint density at radius 2 is 1.72 bits per heavy atom. The third-order valence-electron chi connectivity index (χ3n) is 5.31. The van der Waals surface area contributed by atoms with Crippen LogP contribution in [-0.2, 0) is 19.6 Å². The molecule has 0 spiro atoms. The standard InChI is InChI=1S/C25H29N7/c1-19-14-20(2)32(30-19)24-7-5-4-6-23(24)16-29-25(26-3)28-15-21-8-10-22(11-9-21)17-31-13-12-27-18-31/h4-14,18H,15-17H2,1-3H3,(H2,26,28,29). The maximum atomic E-state index is 4.63. The van der Waals surface area contributed by atoms with Gasteiger partial charge in [0.15, 0.2) is 5.96 Å². The zero-order chi connectivity index (χ0) is 22.3. The highest BCUT2D eigenvalue weighted by Crippen LogP contribution is 2.17. The van der Waals surface area contributed by atoms with Gasteiger partial charge in [-0.05, 0) is 42.7 Å². The monoisotopic (exact) mass is 427 g/mol. The number of imidazole rings is 1. The summed E-state index contributed by atoms with van der Waals surface area (Å²) in [6.07, 6.45) is 5.60. The van der Waals surface area contributed by atoms with Crippen molar-refractivity contribution < 1.29 is 0 Å². The molecule has 0 amide bonds. The second-order valence-corrected chi connectivity index (χ2v) is 7.80. The molecular weight excluding hydrogens is 398 g/mol. The minimum atomic E-state index is 0.651. The van der Waals surface area contributed by atoms with Crippen LogP contribution >= 0.6 is 0 Å². The number of benzene rings is 2. The van der Waals surface area contributed by atoms with E-state index in [1.807, 2.05) is 36.3 Å². The Balaban J connectivity index is 1.35. The van der Waals surface area contributed by atoms with Gasteiger partial charge in [-0.3, -0.25) is 4.99 Å². The molecule has 4 rings (SSSR count). The molecule has 0 aliphatic carbocycles. The van der Waals surface area contributed by atoms with Crippen molar-refractivity contribution in [3.63, 3.8) is 0 Å². The number of guanidine groups is 1. The molecule has 2 N–H and O–H groups in total. The third kappa shape index (κ3) is 5.24. The van der Waals surface area contributed by atoms with Gasteiger partial charge in [0.25, 0.3) is 0 Å². The first-order chi connectivity index (χ1) is 15.6. The lowest BCUT2D eigenvalue weighted by atomic mass is 10.1. The first-order valence-corrected chi connectivity index (χ1v) is 10.7. The van der Waals surface area contributed by atoms with Crippen molar-refractivity contribution in [2.75, 3.05) is 7.05 Å². The van der Waals surface area contributed by atoms with Gasteiger partial charge in [0, 0.05) is 44.8 Å². The van der Waals surface area contributed by atoms with E-state index in [4.69, 9.17) is 0 Å². The minimum Gasteiger partial charge on any atom is -0.352 e. The molecule has 0 bridgehead atoms. The van der Waals surface area contributed by atoms with Gasteiger partial charge in [-0.1, -0.05) is 42.5 Å². The van der Waals surface area contributed by atoms with E-state index >= 15 is 0 Å². The van der Waals surface area contributed by atoms with Crippen molar-refractivity contribution >= 4 is 5.96 Å². The van der Waals surface area contributed by atoms with E-state index in [0.29, 0.717) is 13.1 Å². The second-order valence-electron chi connectivity index (χ2n) is 7.80. The third-order valence-corrected chi connectivity index (χ3v) is 5.31. The minimum absolute atomic E-state index is 0.651. The summed E-state index contributed by atoms with van der Waals surface area (Å²) in [6.45, 7) is 6.26. The van der Waals surface area contributed by atoms with Gasteiger partial charge in [0.2, 0.25) is 0 Å². The highest BCUT2D eigenvalue weighted by Gasteiger charge is 2.09. The van der Waals surface area contributed by atoms with Crippen LogP contribution in [0.25, 0.3) is 5.69 Å². The Hall–Kier alpha value is -3.87. The van der Waals surface area contributed by atoms with E-state index in [0.717, 1.165) is 35.1 Å². The maximum absolute atomic E-state index is 4.63. The van der Waals surface area contributed by atoms with E-state index in [9.17, 15) is 0 Å². The molecule has 2 aromatic carbocycles. The molecule has 164 valence electrons.